The molecule has 1 amide bonds. The van der Waals surface area contributed by atoms with Crippen molar-refractivity contribution in [2.75, 3.05) is 18.1 Å². The van der Waals surface area contributed by atoms with Gasteiger partial charge in [0.2, 0.25) is 0 Å². The van der Waals surface area contributed by atoms with Gasteiger partial charge in [-0.15, -0.1) is 11.3 Å². The molecule has 1 aliphatic heterocycles. The largest absolute Gasteiger partial charge is 0.461 e. The first-order chi connectivity index (χ1) is 15.2. The summed E-state index contributed by atoms with van der Waals surface area (Å²) in [5, 5.41) is 8.68. The summed E-state index contributed by atoms with van der Waals surface area (Å²) in [5.41, 5.74) is -1.33. The number of rotatable bonds is 6. The van der Waals surface area contributed by atoms with Crippen molar-refractivity contribution in [3.8, 4) is 0 Å². The quantitative estimate of drug-likeness (QED) is 0.527. The van der Waals surface area contributed by atoms with Crippen LogP contribution in [-0.2, 0) is 13.0 Å². The van der Waals surface area contributed by atoms with Crippen LogP contribution < -0.4 is 10.3 Å². The van der Waals surface area contributed by atoms with E-state index in [4.69, 9.17) is 0 Å². The summed E-state index contributed by atoms with van der Waals surface area (Å²) in [6.45, 7) is 4.84. The van der Waals surface area contributed by atoms with E-state index in [0.717, 1.165) is 31.1 Å². The van der Waals surface area contributed by atoms with E-state index in [1.54, 1.807) is 16.3 Å². The molecule has 3 aromatic rings. The molecule has 1 N–H and O–H groups in total. The number of aryl methyl sites for hydroxylation is 2. The van der Waals surface area contributed by atoms with Gasteiger partial charge in [0, 0.05) is 17.6 Å². The number of fused-ring (bicyclic) bond motifs is 1. The topological polar surface area (TPSA) is 65.2 Å². The van der Waals surface area contributed by atoms with Gasteiger partial charge in [-0.3, -0.25) is 18.5 Å². The van der Waals surface area contributed by atoms with Crippen molar-refractivity contribution >= 4 is 46.2 Å². The molecule has 1 aliphatic rings. The maximum absolute atomic E-state index is 12.8. The average molecular weight is 483 g/mol. The monoisotopic (exact) mass is 482 g/mol. The van der Waals surface area contributed by atoms with Crippen LogP contribution in [0.15, 0.2) is 35.6 Å². The first-order valence-corrected chi connectivity index (χ1v) is 11.5. The van der Waals surface area contributed by atoms with Crippen molar-refractivity contribution in [2.45, 2.75) is 32.3 Å². The Morgan fingerprint density at radius 2 is 2.00 bits per heavy atom. The van der Waals surface area contributed by atoms with Gasteiger partial charge in [0.25, 0.3) is 5.91 Å². The summed E-state index contributed by atoms with van der Waals surface area (Å²) in [6.07, 6.45) is 3.77. The standard InChI is InChI=1S/C20H21F3N6OS2/c1-3-16-17(28-11-13(2)31-19(28)26-16)18(30)24-10-14-4-6-15(7-5-14)29-9-8-27(12-25-29)32-20(21,22)23/h4-7,11-12H,3,8-10H2,1-2H3,(H,24,30). The third-order valence-electron chi connectivity index (χ3n) is 4.82. The minimum Gasteiger partial charge on any atom is -0.347 e. The third-order valence-corrected chi connectivity index (χ3v) is 6.44. The molecule has 7 nitrogen and oxygen atoms in total. The molecular formula is C20H21F3N6OS2. The number of alkyl halides is 3. The lowest BCUT2D eigenvalue weighted by Gasteiger charge is -2.29. The molecule has 0 bridgehead atoms. The van der Waals surface area contributed by atoms with Gasteiger partial charge in [-0.25, -0.2) is 4.98 Å². The van der Waals surface area contributed by atoms with E-state index in [1.165, 1.54) is 6.34 Å². The highest BCUT2D eigenvalue weighted by molar-refractivity contribution is 7.98. The van der Waals surface area contributed by atoms with E-state index in [2.05, 4.69) is 15.4 Å². The Kier molecular flexibility index (Phi) is 6.33. The second kappa shape index (κ2) is 9.02. The number of nitrogens with one attached hydrogen (secondary N) is 1. The van der Waals surface area contributed by atoms with Crippen molar-refractivity contribution in [1.82, 2.24) is 19.0 Å². The molecule has 170 valence electrons. The summed E-state index contributed by atoms with van der Waals surface area (Å²) in [4.78, 5) is 19.3. The summed E-state index contributed by atoms with van der Waals surface area (Å²) < 4.78 is 40.3. The van der Waals surface area contributed by atoms with E-state index >= 15 is 0 Å². The Morgan fingerprint density at radius 3 is 2.62 bits per heavy atom. The number of hydrazone groups is 1. The number of thiazole rings is 1. The van der Waals surface area contributed by atoms with E-state index in [1.807, 2.05) is 48.7 Å². The first kappa shape index (κ1) is 22.5. The van der Waals surface area contributed by atoms with Crippen molar-refractivity contribution in [1.29, 1.82) is 0 Å². The van der Waals surface area contributed by atoms with Gasteiger partial charge in [0.15, 0.2) is 4.96 Å². The normalized spacial score (nSPS) is 14.4. The number of benzene rings is 1. The van der Waals surface area contributed by atoms with Gasteiger partial charge in [-0.2, -0.15) is 18.3 Å². The van der Waals surface area contributed by atoms with Crippen molar-refractivity contribution in [2.24, 2.45) is 5.10 Å². The highest BCUT2D eigenvalue weighted by Crippen LogP contribution is 2.33. The number of amides is 1. The van der Waals surface area contributed by atoms with E-state index in [-0.39, 0.29) is 24.4 Å². The predicted octanol–water partition coefficient (Wildman–Crippen LogP) is 4.43. The highest BCUT2D eigenvalue weighted by Gasteiger charge is 2.33. The second-order valence-electron chi connectivity index (χ2n) is 7.14. The van der Waals surface area contributed by atoms with Crippen LogP contribution in [0.4, 0.5) is 18.9 Å². The zero-order valence-corrected chi connectivity index (χ0v) is 19.0. The number of anilines is 1. The number of carbonyl (C=O) groups excluding carboxylic acids is 1. The van der Waals surface area contributed by atoms with Gasteiger partial charge in [0.05, 0.1) is 36.4 Å². The number of imidazole rings is 1. The number of carbonyl (C=O) groups is 1. The molecule has 12 heteroatoms. The lowest BCUT2D eigenvalue weighted by atomic mass is 10.2. The maximum atomic E-state index is 12.8. The first-order valence-electron chi connectivity index (χ1n) is 9.92. The molecule has 0 aliphatic carbocycles. The molecule has 0 unspecified atom stereocenters. The number of hydrogen-bond acceptors (Lipinski definition) is 7. The lowest BCUT2D eigenvalue weighted by Crippen LogP contribution is -2.35. The number of nitrogens with zero attached hydrogens (tertiary/aromatic N) is 5. The molecule has 0 atom stereocenters. The second-order valence-corrected chi connectivity index (χ2v) is 9.46. The molecule has 0 saturated heterocycles. The molecule has 1 aromatic carbocycles. The fourth-order valence-corrected chi connectivity index (χ4v) is 4.74. The summed E-state index contributed by atoms with van der Waals surface area (Å²) in [6, 6.07) is 7.40. The van der Waals surface area contributed by atoms with Gasteiger partial charge in [-0.1, -0.05) is 19.1 Å². The predicted molar refractivity (Wildman–Crippen MR) is 121 cm³/mol. The Labute approximate surface area is 191 Å². The van der Waals surface area contributed by atoms with Crippen LogP contribution in [0.2, 0.25) is 0 Å². The SMILES string of the molecule is CCc1nc2sc(C)cn2c1C(=O)NCc1ccc(N2CCN(SC(F)(F)F)C=N2)cc1. The molecule has 2 aromatic heterocycles. The average Bonchev–Trinajstić information content (AvgIpc) is 3.27. The maximum Gasteiger partial charge on any atom is 0.461 e. The molecule has 0 fully saturated rings. The van der Waals surface area contributed by atoms with Crippen LogP contribution in [-0.4, -0.2) is 44.5 Å². The summed E-state index contributed by atoms with van der Waals surface area (Å²) in [5.74, 6) is -0.181. The molecule has 0 spiro atoms. The third kappa shape index (κ3) is 5.01. The Bertz CT molecular complexity index is 1140. The smallest absolute Gasteiger partial charge is 0.347 e. The molecular weight excluding hydrogens is 461 g/mol. The number of halogens is 3. The van der Waals surface area contributed by atoms with Crippen molar-refractivity contribution in [3.63, 3.8) is 0 Å². The van der Waals surface area contributed by atoms with Crippen LogP contribution in [0.1, 0.15) is 33.5 Å². The lowest BCUT2D eigenvalue weighted by molar-refractivity contribution is -0.0351. The van der Waals surface area contributed by atoms with Crippen LogP contribution in [0.5, 0.6) is 0 Å². The van der Waals surface area contributed by atoms with E-state index < -0.39 is 5.51 Å². The highest BCUT2D eigenvalue weighted by atomic mass is 32.2. The van der Waals surface area contributed by atoms with Crippen molar-refractivity contribution < 1.29 is 18.0 Å². The van der Waals surface area contributed by atoms with Gasteiger partial charge in [-0.05, 0) is 31.0 Å². The number of hydrogen-bond donors (Lipinski definition) is 1. The Morgan fingerprint density at radius 1 is 1.25 bits per heavy atom. The summed E-state index contributed by atoms with van der Waals surface area (Å²) in [7, 11) is 0. The zero-order chi connectivity index (χ0) is 22.9. The summed E-state index contributed by atoms with van der Waals surface area (Å²) >= 11 is 1.35. The van der Waals surface area contributed by atoms with Gasteiger partial charge >= 0.3 is 5.51 Å². The fourth-order valence-electron chi connectivity index (χ4n) is 3.37. The molecule has 4 rings (SSSR count). The van der Waals surface area contributed by atoms with E-state index in [9.17, 15) is 18.0 Å². The Hall–Kier alpha value is -2.73. The fraction of sp³-hybridized carbons (Fsp3) is 0.350. The minimum absolute atomic E-state index is 0.181. The zero-order valence-electron chi connectivity index (χ0n) is 17.4. The van der Waals surface area contributed by atoms with E-state index in [0.29, 0.717) is 25.2 Å². The van der Waals surface area contributed by atoms with Crippen molar-refractivity contribution in [3.05, 3.63) is 52.3 Å². The molecule has 32 heavy (non-hydrogen) atoms. The minimum atomic E-state index is -4.33. The molecule has 0 radical (unpaired) electrons. The molecule has 0 saturated carbocycles. The van der Waals surface area contributed by atoms with Gasteiger partial charge < -0.3 is 5.32 Å². The van der Waals surface area contributed by atoms with Crippen LogP contribution in [0, 0.1) is 6.92 Å². The van der Waals surface area contributed by atoms with Crippen LogP contribution in [0.3, 0.4) is 0 Å². The van der Waals surface area contributed by atoms with Crippen LogP contribution >= 0.6 is 23.3 Å². The van der Waals surface area contributed by atoms with Crippen LogP contribution in [0.25, 0.3) is 4.96 Å². The number of aromatic nitrogens is 2. The Balaban J connectivity index is 1.38. The molecule has 3 heterocycles. The van der Waals surface area contributed by atoms with Gasteiger partial charge in [0.1, 0.15) is 12.0 Å².